The molecule has 0 aliphatic heterocycles. The van der Waals surface area contributed by atoms with E-state index in [1.54, 1.807) is 10.9 Å². The number of carbonyl (C=O) groups excluding carboxylic acids is 1. The van der Waals surface area contributed by atoms with E-state index in [2.05, 4.69) is 16.9 Å². The number of aromatic nitrogens is 1. The van der Waals surface area contributed by atoms with Gasteiger partial charge in [0.05, 0.1) is 18.7 Å². The van der Waals surface area contributed by atoms with Crippen molar-refractivity contribution >= 4 is 17.2 Å². The molecule has 1 aromatic rings. The molecule has 0 aromatic carbocycles. The third-order valence-corrected chi connectivity index (χ3v) is 2.13. The fourth-order valence-corrected chi connectivity index (χ4v) is 1.43. The lowest BCUT2D eigenvalue weighted by Crippen LogP contribution is -2.27. The number of nitrogens with one attached hydrogen (secondary N) is 1. The highest BCUT2D eigenvalue weighted by molar-refractivity contribution is 7.07. The molecule has 0 spiro atoms. The monoisotopic (exact) mass is 226 g/mol. The quantitative estimate of drug-likeness (QED) is 0.590. The molecule has 0 atom stereocenters. The van der Waals surface area contributed by atoms with Crippen LogP contribution in [0.2, 0.25) is 0 Å². The summed E-state index contributed by atoms with van der Waals surface area (Å²) >= 11 is 1.40. The van der Waals surface area contributed by atoms with E-state index in [1.807, 2.05) is 6.92 Å². The lowest BCUT2D eigenvalue weighted by Gasteiger charge is -2.04. The normalized spacial score (nSPS) is 9.93. The molecule has 1 rings (SSSR count). The van der Waals surface area contributed by atoms with Gasteiger partial charge in [-0.3, -0.25) is 4.79 Å². The van der Waals surface area contributed by atoms with E-state index in [0.717, 1.165) is 5.57 Å². The van der Waals surface area contributed by atoms with E-state index < -0.39 is 0 Å². The van der Waals surface area contributed by atoms with Crippen LogP contribution in [-0.2, 0) is 4.74 Å². The number of hydrogen-bond donors (Lipinski definition) is 1. The van der Waals surface area contributed by atoms with Crippen LogP contribution < -0.4 is 5.32 Å². The fourth-order valence-electron chi connectivity index (χ4n) is 0.898. The van der Waals surface area contributed by atoms with Gasteiger partial charge in [0.25, 0.3) is 5.91 Å². The molecule has 5 heteroatoms. The standard InChI is InChI=1S/C10H14N2O2S/c1-8(2)5-14-4-3-11-10(13)9-6-15-7-12-9/h6-7H,1,3-5H2,2H3,(H,11,13). The lowest BCUT2D eigenvalue weighted by atomic mass is 10.4. The number of thiazole rings is 1. The Kier molecular flexibility index (Phi) is 5.00. The van der Waals surface area contributed by atoms with Crippen LogP contribution in [0.25, 0.3) is 0 Å². The van der Waals surface area contributed by atoms with Gasteiger partial charge < -0.3 is 10.1 Å². The van der Waals surface area contributed by atoms with Crippen molar-refractivity contribution in [2.45, 2.75) is 6.92 Å². The summed E-state index contributed by atoms with van der Waals surface area (Å²) in [6.07, 6.45) is 0. The van der Waals surface area contributed by atoms with Gasteiger partial charge in [-0.2, -0.15) is 0 Å². The van der Waals surface area contributed by atoms with E-state index in [0.29, 0.717) is 25.5 Å². The van der Waals surface area contributed by atoms with Gasteiger partial charge >= 0.3 is 0 Å². The third-order valence-electron chi connectivity index (χ3n) is 1.55. The van der Waals surface area contributed by atoms with Crippen LogP contribution in [0.1, 0.15) is 17.4 Å². The SMILES string of the molecule is C=C(C)COCCNC(=O)c1cscn1. The molecule has 0 bridgehead atoms. The Morgan fingerprint density at radius 1 is 1.73 bits per heavy atom. The van der Waals surface area contributed by atoms with Crippen molar-refractivity contribution in [2.24, 2.45) is 0 Å². The predicted octanol–water partition coefficient (Wildman–Crippen LogP) is 1.47. The first kappa shape index (κ1) is 11.9. The van der Waals surface area contributed by atoms with Crippen LogP contribution in [0, 0.1) is 0 Å². The zero-order valence-corrected chi connectivity index (χ0v) is 9.47. The Morgan fingerprint density at radius 2 is 2.53 bits per heavy atom. The molecule has 1 amide bonds. The number of amides is 1. The van der Waals surface area contributed by atoms with Crippen LogP contribution >= 0.6 is 11.3 Å². The Hall–Kier alpha value is -1.20. The van der Waals surface area contributed by atoms with Crippen LogP contribution in [0.15, 0.2) is 23.0 Å². The van der Waals surface area contributed by atoms with E-state index in [9.17, 15) is 4.79 Å². The number of hydrogen-bond acceptors (Lipinski definition) is 4. The molecular weight excluding hydrogens is 212 g/mol. The highest BCUT2D eigenvalue weighted by Gasteiger charge is 2.05. The molecule has 0 saturated heterocycles. The van der Waals surface area contributed by atoms with Crippen LogP contribution in [0.3, 0.4) is 0 Å². The van der Waals surface area contributed by atoms with Crippen LogP contribution in [0.4, 0.5) is 0 Å². The molecule has 0 unspecified atom stereocenters. The van der Waals surface area contributed by atoms with Gasteiger partial charge in [-0.25, -0.2) is 4.98 Å². The maximum atomic E-state index is 11.4. The first-order chi connectivity index (χ1) is 7.20. The van der Waals surface area contributed by atoms with Gasteiger partial charge in [-0.05, 0) is 6.92 Å². The Labute approximate surface area is 93.0 Å². The molecule has 1 aromatic heterocycles. The van der Waals surface area contributed by atoms with Crippen molar-refractivity contribution in [1.82, 2.24) is 10.3 Å². The second-order valence-electron chi connectivity index (χ2n) is 3.14. The van der Waals surface area contributed by atoms with Gasteiger partial charge in [0, 0.05) is 11.9 Å². The van der Waals surface area contributed by atoms with Crippen molar-refractivity contribution in [3.05, 3.63) is 28.7 Å². The van der Waals surface area contributed by atoms with Gasteiger partial charge in [0.2, 0.25) is 0 Å². The smallest absolute Gasteiger partial charge is 0.270 e. The van der Waals surface area contributed by atoms with E-state index in [1.165, 1.54) is 11.3 Å². The molecule has 82 valence electrons. The van der Waals surface area contributed by atoms with Crippen molar-refractivity contribution in [3.63, 3.8) is 0 Å². The van der Waals surface area contributed by atoms with Crippen LogP contribution in [0.5, 0.6) is 0 Å². The molecule has 0 aliphatic carbocycles. The molecule has 4 nitrogen and oxygen atoms in total. The summed E-state index contributed by atoms with van der Waals surface area (Å²) in [5, 5.41) is 4.42. The lowest BCUT2D eigenvalue weighted by molar-refractivity contribution is 0.0922. The maximum Gasteiger partial charge on any atom is 0.270 e. The summed E-state index contributed by atoms with van der Waals surface area (Å²) < 4.78 is 5.23. The van der Waals surface area contributed by atoms with E-state index in [4.69, 9.17) is 4.74 Å². The number of ether oxygens (including phenoxy) is 1. The van der Waals surface area contributed by atoms with Crippen molar-refractivity contribution < 1.29 is 9.53 Å². The summed E-state index contributed by atoms with van der Waals surface area (Å²) in [7, 11) is 0. The Balaban J connectivity index is 2.10. The first-order valence-corrected chi connectivity index (χ1v) is 5.53. The highest BCUT2D eigenvalue weighted by Crippen LogP contribution is 1.99. The summed E-state index contributed by atoms with van der Waals surface area (Å²) in [6, 6.07) is 0. The molecule has 1 heterocycles. The second-order valence-corrected chi connectivity index (χ2v) is 3.86. The topological polar surface area (TPSA) is 51.2 Å². The van der Waals surface area contributed by atoms with Gasteiger partial charge in [0.15, 0.2) is 0 Å². The Bertz CT molecular complexity index is 322. The summed E-state index contributed by atoms with van der Waals surface area (Å²) in [4.78, 5) is 15.3. The molecule has 15 heavy (non-hydrogen) atoms. The van der Waals surface area contributed by atoms with E-state index >= 15 is 0 Å². The third kappa shape index (κ3) is 4.71. The predicted molar refractivity (Wildman–Crippen MR) is 60.1 cm³/mol. The van der Waals surface area contributed by atoms with Gasteiger partial charge in [-0.15, -0.1) is 11.3 Å². The summed E-state index contributed by atoms with van der Waals surface area (Å²) in [5.41, 5.74) is 3.06. The average molecular weight is 226 g/mol. The molecule has 0 fully saturated rings. The summed E-state index contributed by atoms with van der Waals surface area (Å²) in [5.74, 6) is -0.157. The largest absolute Gasteiger partial charge is 0.375 e. The summed E-state index contributed by atoms with van der Waals surface area (Å²) in [6.45, 7) is 7.12. The number of nitrogens with zero attached hydrogens (tertiary/aromatic N) is 1. The van der Waals surface area contributed by atoms with Crippen molar-refractivity contribution in [2.75, 3.05) is 19.8 Å². The average Bonchev–Trinajstić information content (AvgIpc) is 2.69. The molecule has 0 radical (unpaired) electrons. The van der Waals surface area contributed by atoms with Crippen LogP contribution in [-0.4, -0.2) is 30.6 Å². The Morgan fingerprint density at radius 3 is 3.13 bits per heavy atom. The van der Waals surface area contributed by atoms with Gasteiger partial charge in [-0.1, -0.05) is 12.2 Å². The zero-order valence-electron chi connectivity index (χ0n) is 8.66. The van der Waals surface area contributed by atoms with Crippen molar-refractivity contribution in [1.29, 1.82) is 0 Å². The minimum Gasteiger partial charge on any atom is -0.375 e. The highest BCUT2D eigenvalue weighted by atomic mass is 32.1. The number of carbonyl (C=O) groups is 1. The molecular formula is C10H14N2O2S. The minimum absolute atomic E-state index is 0.157. The van der Waals surface area contributed by atoms with Gasteiger partial charge in [0.1, 0.15) is 5.69 Å². The molecule has 0 aliphatic rings. The van der Waals surface area contributed by atoms with Crippen molar-refractivity contribution in [3.8, 4) is 0 Å². The molecule has 1 N–H and O–H groups in total. The van der Waals surface area contributed by atoms with E-state index in [-0.39, 0.29) is 5.91 Å². The zero-order chi connectivity index (χ0) is 11.1. The second kappa shape index (κ2) is 6.31. The molecule has 0 saturated carbocycles. The minimum atomic E-state index is -0.157. The number of rotatable bonds is 6. The maximum absolute atomic E-state index is 11.4. The first-order valence-electron chi connectivity index (χ1n) is 4.58. The fraction of sp³-hybridized carbons (Fsp3) is 0.400.